The molecule has 7 heteroatoms. The molecule has 2 aromatic carbocycles. The van der Waals surface area contributed by atoms with Crippen LogP contribution in [-0.2, 0) is 16.1 Å². The lowest BCUT2D eigenvalue weighted by atomic mass is 10.1. The van der Waals surface area contributed by atoms with E-state index in [1.54, 1.807) is 28.9 Å². The summed E-state index contributed by atoms with van der Waals surface area (Å²) in [7, 11) is 0. The number of amides is 1. The third-order valence-corrected chi connectivity index (χ3v) is 4.08. The van der Waals surface area contributed by atoms with Gasteiger partial charge >= 0.3 is 12.1 Å². The van der Waals surface area contributed by atoms with E-state index < -0.39 is 17.7 Å². The molecule has 0 unspecified atom stereocenters. The molecule has 0 radical (unpaired) electrons. The Bertz CT molecular complexity index is 1040. The fourth-order valence-electron chi connectivity index (χ4n) is 2.81. The number of hydrogen-bond acceptors (Lipinski definition) is 5. The number of rotatable bonds is 5. The van der Waals surface area contributed by atoms with Gasteiger partial charge in [0, 0.05) is 11.8 Å². The van der Waals surface area contributed by atoms with Crippen molar-refractivity contribution in [3.63, 3.8) is 0 Å². The second-order valence-electron chi connectivity index (χ2n) is 7.79. The number of aromatic nitrogens is 2. The van der Waals surface area contributed by atoms with Gasteiger partial charge in [0.05, 0.1) is 11.3 Å². The van der Waals surface area contributed by atoms with Crippen molar-refractivity contribution in [2.24, 2.45) is 0 Å². The first-order chi connectivity index (χ1) is 14.2. The number of hydrogen-bond donors (Lipinski definition) is 1. The molecule has 1 aromatic heterocycles. The van der Waals surface area contributed by atoms with Crippen LogP contribution in [0.3, 0.4) is 0 Å². The van der Waals surface area contributed by atoms with Gasteiger partial charge in [-0.1, -0.05) is 42.5 Å². The van der Waals surface area contributed by atoms with Crippen LogP contribution in [0.2, 0.25) is 0 Å². The molecule has 0 aliphatic carbocycles. The molecule has 0 saturated carbocycles. The Labute approximate surface area is 175 Å². The van der Waals surface area contributed by atoms with E-state index in [-0.39, 0.29) is 6.61 Å². The summed E-state index contributed by atoms with van der Waals surface area (Å²) in [6, 6.07) is 18.1. The molecule has 0 bridgehead atoms. The van der Waals surface area contributed by atoms with Crippen LogP contribution in [0.4, 0.5) is 10.6 Å². The fourth-order valence-corrected chi connectivity index (χ4v) is 2.81. The summed E-state index contributed by atoms with van der Waals surface area (Å²) in [5, 5.41) is 7.03. The number of anilines is 1. The van der Waals surface area contributed by atoms with E-state index in [2.05, 4.69) is 10.4 Å². The Kier molecular flexibility index (Phi) is 6.20. The third-order valence-electron chi connectivity index (χ3n) is 4.08. The van der Waals surface area contributed by atoms with E-state index in [1.165, 1.54) is 0 Å². The zero-order valence-corrected chi connectivity index (χ0v) is 17.5. The fraction of sp³-hybridized carbons (Fsp3) is 0.261. The maximum Gasteiger partial charge on any atom is 0.413 e. The molecule has 0 spiro atoms. The van der Waals surface area contributed by atoms with Gasteiger partial charge in [0.1, 0.15) is 12.2 Å². The molecule has 0 aliphatic heterocycles. The number of ether oxygens (including phenoxy) is 2. The summed E-state index contributed by atoms with van der Waals surface area (Å²) in [5.41, 5.74) is 1.97. The lowest BCUT2D eigenvalue weighted by molar-refractivity contribution is 0.00694. The molecule has 7 nitrogen and oxygen atoms in total. The predicted octanol–water partition coefficient (Wildman–Crippen LogP) is 4.88. The van der Waals surface area contributed by atoms with Crippen molar-refractivity contribution in [3.05, 3.63) is 77.5 Å². The van der Waals surface area contributed by atoms with E-state index >= 15 is 0 Å². The molecular weight excluding hydrogens is 382 g/mol. The minimum atomic E-state index is -0.613. The van der Waals surface area contributed by atoms with Crippen molar-refractivity contribution in [2.45, 2.75) is 39.9 Å². The van der Waals surface area contributed by atoms with Gasteiger partial charge in [-0.25, -0.2) is 14.3 Å². The van der Waals surface area contributed by atoms with E-state index in [1.807, 2.05) is 64.1 Å². The molecule has 0 saturated heterocycles. The van der Waals surface area contributed by atoms with Crippen LogP contribution in [0.25, 0.3) is 5.69 Å². The number of nitrogens with one attached hydrogen (secondary N) is 1. The van der Waals surface area contributed by atoms with Crippen LogP contribution >= 0.6 is 0 Å². The van der Waals surface area contributed by atoms with Gasteiger partial charge in [0.15, 0.2) is 5.82 Å². The summed E-state index contributed by atoms with van der Waals surface area (Å²) in [4.78, 5) is 24.7. The van der Waals surface area contributed by atoms with Crippen LogP contribution in [0.1, 0.15) is 42.4 Å². The molecule has 156 valence electrons. The van der Waals surface area contributed by atoms with E-state index in [9.17, 15) is 9.59 Å². The van der Waals surface area contributed by atoms with E-state index in [0.717, 1.165) is 11.3 Å². The van der Waals surface area contributed by atoms with Crippen LogP contribution in [-0.4, -0.2) is 27.4 Å². The summed E-state index contributed by atoms with van der Waals surface area (Å²) in [6.45, 7) is 7.44. The largest absolute Gasteiger partial charge is 0.456 e. The number of nitrogens with zero attached hydrogens (tertiary/aromatic N) is 2. The van der Waals surface area contributed by atoms with Gasteiger partial charge in [-0.15, -0.1) is 5.10 Å². The first kappa shape index (κ1) is 21.1. The third kappa shape index (κ3) is 5.47. The minimum Gasteiger partial charge on any atom is -0.456 e. The summed E-state index contributed by atoms with van der Waals surface area (Å²) >= 11 is 0. The normalized spacial score (nSPS) is 11.1. The summed E-state index contributed by atoms with van der Waals surface area (Å²) in [6.07, 6.45) is -0.607. The summed E-state index contributed by atoms with van der Waals surface area (Å²) < 4.78 is 12.3. The number of benzene rings is 2. The zero-order valence-electron chi connectivity index (χ0n) is 17.5. The van der Waals surface area contributed by atoms with Gasteiger partial charge in [-0.05, 0) is 45.4 Å². The highest BCUT2D eigenvalue weighted by Gasteiger charge is 2.22. The Hall–Kier alpha value is -3.61. The predicted molar refractivity (Wildman–Crippen MR) is 114 cm³/mol. The van der Waals surface area contributed by atoms with Crippen molar-refractivity contribution >= 4 is 17.9 Å². The molecular formula is C23H25N3O4. The van der Waals surface area contributed by atoms with Gasteiger partial charge < -0.3 is 9.47 Å². The van der Waals surface area contributed by atoms with Gasteiger partial charge in [-0.2, -0.15) is 0 Å². The van der Waals surface area contributed by atoms with E-state index in [4.69, 9.17) is 9.47 Å². The maximum atomic E-state index is 12.6. The lowest BCUT2D eigenvalue weighted by Crippen LogP contribution is -2.24. The molecule has 0 atom stereocenters. The van der Waals surface area contributed by atoms with Crippen LogP contribution in [0, 0.1) is 6.92 Å². The zero-order chi connectivity index (χ0) is 21.7. The standard InChI is InChI=1S/C23H25N3O4/c1-16-14-20(24-22(28)29-15-17-10-6-5-7-11-17)25-26(16)19-13-9-8-12-18(19)21(27)30-23(2,3)4/h5-14H,15H2,1-4H3,(H,24,25,28). The Morgan fingerprint density at radius 2 is 1.70 bits per heavy atom. The lowest BCUT2D eigenvalue weighted by Gasteiger charge is -2.20. The monoisotopic (exact) mass is 407 g/mol. The number of carbonyl (C=O) groups excluding carboxylic acids is 2. The van der Waals surface area contributed by atoms with Gasteiger partial charge in [-0.3, -0.25) is 5.32 Å². The highest BCUT2D eigenvalue weighted by molar-refractivity contribution is 5.93. The molecule has 1 N–H and O–H groups in total. The number of esters is 1. The van der Waals surface area contributed by atoms with Gasteiger partial charge in [0.2, 0.25) is 0 Å². The van der Waals surface area contributed by atoms with Crippen molar-refractivity contribution in [3.8, 4) is 5.69 Å². The molecule has 3 rings (SSSR count). The quantitative estimate of drug-likeness (QED) is 0.609. The van der Waals surface area contributed by atoms with Crippen molar-refractivity contribution in [2.75, 3.05) is 5.32 Å². The second-order valence-corrected chi connectivity index (χ2v) is 7.79. The first-order valence-corrected chi connectivity index (χ1v) is 9.60. The topological polar surface area (TPSA) is 82.5 Å². The Morgan fingerprint density at radius 1 is 1.03 bits per heavy atom. The highest BCUT2D eigenvalue weighted by Crippen LogP contribution is 2.21. The maximum absolute atomic E-state index is 12.6. The number of carbonyl (C=O) groups is 2. The minimum absolute atomic E-state index is 0.161. The average molecular weight is 407 g/mol. The number of aryl methyl sites for hydroxylation is 1. The first-order valence-electron chi connectivity index (χ1n) is 9.60. The highest BCUT2D eigenvalue weighted by atomic mass is 16.6. The Morgan fingerprint density at radius 3 is 2.40 bits per heavy atom. The SMILES string of the molecule is Cc1cc(NC(=O)OCc2ccccc2)nn1-c1ccccc1C(=O)OC(C)(C)C. The van der Waals surface area contributed by atoms with E-state index in [0.29, 0.717) is 17.1 Å². The van der Waals surface area contributed by atoms with Crippen molar-refractivity contribution in [1.29, 1.82) is 0 Å². The molecule has 1 heterocycles. The molecule has 0 aliphatic rings. The molecule has 1 amide bonds. The van der Waals surface area contributed by atoms with Gasteiger partial charge in [0.25, 0.3) is 0 Å². The van der Waals surface area contributed by atoms with Crippen LogP contribution in [0.15, 0.2) is 60.7 Å². The smallest absolute Gasteiger partial charge is 0.413 e. The number of para-hydroxylation sites is 1. The molecule has 0 fully saturated rings. The average Bonchev–Trinajstić information content (AvgIpc) is 3.05. The van der Waals surface area contributed by atoms with Crippen LogP contribution < -0.4 is 5.32 Å². The van der Waals surface area contributed by atoms with Crippen molar-refractivity contribution in [1.82, 2.24) is 9.78 Å². The Balaban J connectivity index is 1.75. The molecule has 3 aromatic rings. The second kappa shape index (κ2) is 8.82. The summed E-state index contributed by atoms with van der Waals surface area (Å²) in [5.74, 6) is -0.116. The van der Waals surface area contributed by atoms with Crippen LogP contribution in [0.5, 0.6) is 0 Å². The van der Waals surface area contributed by atoms with Crippen molar-refractivity contribution < 1.29 is 19.1 Å². The molecule has 30 heavy (non-hydrogen) atoms.